The molecule has 0 saturated carbocycles. The van der Waals surface area contributed by atoms with Crippen LogP contribution in [0.15, 0.2) is 23.1 Å². The molecule has 0 aliphatic rings. The summed E-state index contributed by atoms with van der Waals surface area (Å²) in [6, 6.07) is 2.84. The van der Waals surface area contributed by atoms with Gasteiger partial charge in [0.1, 0.15) is 0 Å². The Bertz CT molecular complexity index is 349. The highest BCUT2D eigenvalue weighted by molar-refractivity contribution is 8.00. The molecule has 15 heavy (non-hydrogen) atoms. The molecule has 0 saturated heterocycles. The van der Waals surface area contributed by atoms with Crippen molar-refractivity contribution in [3.8, 4) is 0 Å². The smallest absolute Gasteiger partial charge is 0.398 e. The average molecular weight is 243 g/mol. The monoisotopic (exact) mass is 243 g/mol. The van der Waals surface area contributed by atoms with Crippen LogP contribution in [0.2, 0.25) is 0 Å². The van der Waals surface area contributed by atoms with E-state index in [-0.39, 0.29) is 10.6 Å². The van der Waals surface area contributed by atoms with E-state index in [2.05, 4.69) is 0 Å². The lowest BCUT2D eigenvalue weighted by Gasteiger charge is -2.09. The average Bonchev–Trinajstić information content (AvgIpc) is 2.05. The van der Waals surface area contributed by atoms with Gasteiger partial charge in [0, 0.05) is 16.1 Å². The number of rotatable bonds is 2. The second kappa shape index (κ2) is 4.26. The molecule has 7 heteroatoms. The summed E-state index contributed by atoms with van der Waals surface area (Å²) in [5.74, 6) is 0. The Labute approximate surface area is 86.5 Å². The van der Waals surface area contributed by atoms with E-state index in [1.165, 1.54) is 0 Å². The first-order valence-electron chi connectivity index (χ1n) is 3.73. The number of halogens is 5. The number of hydrogen-bond acceptors (Lipinski definition) is 2. The zero-order chi connectivity index (χ0) is 11.6. The van der Waals surface area contributed by atoms with E-state index < -0.39 is 29.3 Å². The molecule has 0 aliphatic heterocycles. The number of alkyl halides is 5. The van der Waals surface area contributed by atoms with E-state index in [9.17, 15) is 22.0 Å². The summed E-state index contributed by atoms with van der Waals surface area (Å²) in [7, 11) is 0. The van der Waals surface area contributed by atoms with Gasteiger partial charge in [0.05, 0.1) is 0 Å². The first kappa shape index (κ1) is 12.1. The maximum atomic E-state index is 12.3. The largest absolute Gasteiger partial charge is 0.446 e. The molecule has 1 aromatic rings. The lowest BCUT2D eigenvalue weighted by molar-refractivity contribution is -0.0328. The third-order valence-corrected chi connectivity index (χ3v) is 2.25. The summed E-state index contributed by atoms with van der Waals surface area (Å²) in [6.45, 7) is 0. The van der Waals surface area contributed by atoms with Gasteiger partial charge in [-0.1, -0.05) is 0 Å². The molecule has 2 N–H and O–H groups in total. The number of benzene rings is 1. The van der Waals surface area contributed by atoms with Gasteiger partial charge in [0.15, 0.2) is 0 Å². The summed E-state index contributed by atoms with van der Waals surface area (Å²) in [4.78, 5) is -0.299. The van der Waals surface area contributed by atoms with Gasteiger partial charge in [-0.05, 0) is 30.0 Å². The molecule has 0 fully saturated rings. The molecule has 0 radical (unpaired) electrons. The molecule has 0 heterocycles. The molecule has 0 aliphatic carbocycles. The van der Waals surface area contributed by atoms with Crippen LogP contribution in [0.3, 0.4) is 0 Å². The van der Waals surface area contributed by atoms with Gasteiger partial charge >= 0.3 is 5.51 Å². The quantitative estimate of drug-likeness (QED) is 0.485. The second-order valence-electron chi connectivity index (χ2n) is 2.64. The van der Waals surface area contributed by atoms with Crippen molar-refractivity contribution in [3.05, 3.63) is 23.8 Å². The van der Waals surface area contributed by atoms with E-state index in [4.69, 9.17) is 5.73 Å². The lowest BCUT2D eigenvalue weighted by atomic mass is 10.2. The van der Waals surface area contributed by atoms with E-state index in [1.807, 2.05) is 0 Å². The fourth-order valence-electron chi connectivity index (χ4n) is 0.939. The van der Waals surface area contributed by atoms with Crippen molar-refractivity contribution >= 4 is 17.4 Å². The summed E-state index contributed by atoms with van der Waals surface area (Å²) in [5.41, 5.74) is -0.0979. The minimum Gasteiger partial charge on any atom is -0.398 e. The zero-order valence-electron chi connectivity index (χ0n) is 7.18. The molecule has 0 spiro atoms. The van der Waals surface area contributed by atoms with Crippen LogP contribution in [0.4, 0.5) is 27.6 Å². The predicted molar refractivity (Wildman–Crippen MR) is 47.7 cm³/mol. The lowest BCUT2D eigenvalue weighted by Crippen LogP contribution is -2.00. The molecule has 0 bridgehead atoms. The van der Waals surface area contributed by atoms with Gasteiger partial charge in [0.25, 0.3) is 6.43 Å². The summed E-state index contributed by atoms with van der Waals surface area (Å²) >= 11 is -0.448. The highest BCUT2D eigenvalue weighted by Crippen LogP contribution is 2.39. The molecule has 0 aromatic heterocycles. The van der Waals surface area contributed by atoms with Crippen LogP contribution in [0.5, 0.6) is 0 Å². The number of anilines is 1. The van der Waals surface area contributed by atoms with Crippen molar-refractivity contribution in [3.63, 3.8) is 0 Å². The van der Waals surface area contributed by atoms with Crippen LogP contribution in [-0.4, -0.2) is 5.51 Å². The Morgan fingerprint density at radius 2 is 1.80 bits per heavy atom. The highest BCUT2D eigenvalue weighted by Gasteiger charge is 2.29. The summed E-state index contributed by atoms with van der Waals surface area (Å²) < 4.78 is 60.3. The van der Waals surface area contributed by atoms with Gasteiger partial charge in [0.2, 0.25) is 0 Å². The Morgan fingerprint density at radius 1 is 1.20 bits per heavy atom. The molecular formula is C8H6F5NS. The first-order valence-corrected chi connectivity index (χ1v) is 4.54. The van der Waals surface area contributed by atoms with E-state index >= 15 is 0 Å². The molecule has 0 atom stereocenters. The molecule has 1 nitrogen and oxygen atoms in total. The fourth-order valence-corrected chi connectivity index (χ4v) is 1.53. The number of thioether (sulfide) groups is 1. The molecular weight excluding hydrogens is 237 g/mol. The van der Waals surface area contributed by atoms with Gasteiger partial charge in [-0.25, -0.2) is 8.78 Å². The van der Waals surface area contributed by atoms with Crippen LogP contribution < -0.4 is 5.73 Å². The normalized spacial score (nSPS) is 12.1. The molecule has 84 valence electrons. The Hall–Kier alpha value is -0.980. The van der Waals surface area contributed by atoms with E-state index in [1.54, 1.807) is 0 Å². The van der Waals surface area contributed by atoms with Gasteiger partial charge in [-0.3, -0.25) is 0 Å². The third-order valence-electron chi connectivity index (χ3n) is 1.53. The van der Waals surface area contributed by atoms with Crippen LogP contribution in [0.25, 0.3) is 0 Å². The Morgan fingerprint density at radius 3 is 2.27 bits per heavy atom. The van der Waals surface area contributed by atoms with Gasteiger partial charge in [-0.15, -0.1) is 0 Å². The Balaban J connectivity index is 2.98. The highest BCUT2D eigenvalue weighted by atomic mass is 32.2. The van der Waals surface area contributed by atoms with Crippen molar-refractivity contribution in [2.45, 2.75) is 16.8 Å². The number of hydrogen-bond donors (Lipinski definition) is 1. The minimum absolute atomic E-state index is 0.212. The number of nitrogen functional groups attached to an aromatic ring is 1. The minimum atomic E-state index is -4.49. The van der Waals surface area contributed by atoms with Crippen LogP contribution in [0.1, 0.15) is 12.0 Å². The second-order valence-corrected chi connectivity index (χ2v) is 3.78. The van der Waals surface area contributed by atoms with Crippen molar-refractivity contribution in [2.75, 3.05) is 5.73 Å². The van der Waals surface area contributed by atoms with Crippen molar-refractivity contribution in [1.29, 1.82) is 0 Å². The van der Waals surface area contributed by atoms with E-state index in [0.717, 1.165) is 18.2 Å². The summed E-state index contributed by atoms with van der Waals surface area (Å²) in [6.07, 6.45) is -2.88. The molecule has 0 unspecified atom stereocenters. The standard InChI is InChI=1S/C8H6F5NS/c9-7(10)5-3-4(1-2-6(5)14)15-8(11,12)13/h1-3,7H,14H2. The van der Waals surface area contributed by atoms with Gasteiger partial charge in [-0.2, -0.15) is 13.2 Å². The summed E-state index contributed by atoms with van der Waals surface area (Å²) in [5, 5.41) is 0. The third kappa shape index (κ3) is 3.58. The topological polar surface area (TPSA) is 26.0 Å². The fraction of sp³-hybridized carbons (Fsp3) is 0.250. The molecule has 0 amide bonds. The maximum Gasteiger partial charge on any atom is 0.446 e. The van der Waals surface area contributed by atoms with Crippen molar-refractivity contribution < 1.29 is 22.0 Å². The molecule has 1 aromatic carbocycles. The van der Waals surface area contributed by atoms with Crippen molar-refractivity contribution in [2.24, 2.45) is 0 Å². The van der Waals surface area contributed by atoms with Crippen LogP contribution in [-0.2, 0) is 0 Å². The molecule has 1 rings (SSSR count). The Kier molecular flexibility index (Phi) is 3.43. The van der Waals surface area contributed by atoms with Gasteiger partial charge < -0.3 is 5.73 Å². The van der Waals surface area contributed by atoms with E-state index in [0.29, 0.717) is 0 Å². The maximum absolute atomic E-state index is 12.3. The SMILES string of the molecule is Nc1ccc(SC(F)(F)F)cc1C(F)F. The predicted octanol–water partition coefficient (Wildman–Crippen LogP) is 3.82. The van der Waals surface area contributed by atoms with Crippen LogP contribution >= 0.6 is 11.8 Å². The first-order chi connectivity index (χ1) is 6.79. The van der Waals surface area contributed by atoms with Crippen LogP contribution in [0, 0.1) is 0 Å². The number of nitrogens with two attached hydrogens (primary N) is 1. The van der Waals surface area contributed by atoms with Crippen molar-refractivity contribution in [1.82, 2.24) is 0 Å². The zero-order valence-corrected chi connectivity index (χ0v) is 8.00.